The van der Waals surface area contributed by atoms with Crippen LogP contribution in [0.15, 0.2) is 23.1 Å². The Labute approximate surface area is 106 Å². The number of ketones is 1. The first-order valence-corrected chi connectivity index (χ1v) is 4.98. The van der Waals surface area contributed by atoms with Gasteiger partial charge in [0.05, 0.1) is 5.92 Å². The van der Waals surface area contributed by atoms with Crippen molar-refractivity contribution < 1.29 is 14.7 Å². The maximum atomic E-state index is 10.8. The van der Waals surface area contributed by atoms with Gasteiger partial charge < -0.3 is 5.11 Å². The van der Waals surface area contributed by atoms with Crippen molar-refractivity contribution in [3.8, 4) is 0 Å². The van der Waals surface area contributed by atoms with Crippen LogP contribution in [-0.2, 0) is 4.79 Å². The quantitative estimate of drug-likeness (QED) is 0.775. The van der Waals surface area contributed by atoms with Gasteiger partial charge in [-0.2, -0.15) is 0 Å². The minimum Gasteiger partial charge on any atom is -0.481 e. The number of hydrogen-bond donors (Lipinski definition) is 2. The molecule has 2 aliphatic rings. The first-order chi connectivity index (χ1) is 6.93. The highest BCUT2D eigenvalue weighted by Crippen LogP contribution is 2.27. The standard InChI is InChI=1S/C7H4OS.C4H8O2.ClH/c8-7-4-1-2-6(9)5(7)3-4;1-3(2)4(5)6;/h1-3,9H;3H,1-2H3,(H,5,6);1H. The second kappa shape index (κ2) is 5.92. The molecule has 0 spiro atoms. The second-order valence-electron chi connectivity index (χ2n) is 3.55. The largest absolute Gasteiger partial charge is 0.481 e. The molecule has 0 aromatic heterocycles. The van der Waals surface area contributed by atoms with Gasteiger partial charge in [0.2, 0.25) is 0 Å². The van der Waals surface area contributed by atoms with Crippen LogP contribution in [0.3, 0.4) is 0 Å². The van der Waals surface area contributed by atoms with Crippen LogP contribution in [0.25, 0.3) is 0 Å². The number of carboxylic acids is 1. The van der Waals surface area contributed by atoms with Crippen LogP contribution in [0, 0.1) is 5.92 Å². The van der Waals surface area contributed by atoms with Crippen LogP contribution in [-0.4, -0.2) is 16.9 Å². The molecule has 0 unspecified atom stereocenters. The van der Waals surface area contributed by atoms with Gasteiger partial charge in [-0.15, -0.1) is 25.0 Å². The number of carboxylic acid groups (broad SMARTS) is 1. The Bertz CT molecular complexity index is 412. The van der Waals surface area contributed by atoms with Gasteiger partial charge in [0, 0.05) is 16.0 Å². The Hall–Kier alpha value is -1.00. The lowest BCUT2D eigenvalue weighted by Gasteiger charge is -2.13. The zero-order valence-electron chi connectivity index (χ0n) is 8.93. The van der Waals surface area contributed by atoms with E-state index in [1.807, 2.05) is 12.1 Å². The first kappa shape index (κ1) is 15.0. The Morgan fingerprint density at radius 3 is 2.06 bits per heavy atom. The molecule has 0 saturated carbocycles. The summed E-state index contributed by atoms with van der Waals surface area (Å²) >= 11 is 4.08. The topological polar surface area (TPSA) is 54.4 Å². The van der Waals surface area contributed by atoms with Crippen LogP contribution in [0.1, 0.15) is 29.8 Å². The van der Waals surface area contributed by atoms with Crippen LogP contribution >= 0.6 is 25.0 Å². The summed E-state index contributed by atoms with van der Waals surface area (Å²) in [6.07, 6.45) is 0. The maximum absolute atomic E-state index is 10.8. The van der Waals surface area contributed by atoms with Crippen molar-refractivity contribution in [2.24, 2.45) is 5.92 Å². The lowest BCUT2D eigenvalue weighted by molar-refractivity contribution is -0.140. The zero-order chi connectivity index (χ0) is 11.6. The SMILES string of the molecule is CC(C)C(=O)O.Cl.O=C1c2ccc(S)c1c2. The summed E-state index contributed by atoms with van der Waals surface area (Å²) in [5.41, 5.74) is 1.57. The third kappa shape index (κ3) is 3.25. The predicted octanol–water partition coefficient (Wildman–Crippen LogP) is 2.67. The van der Waals surface area contributed by atoms with Gasteiger partial charge in [-0.25, -0.2) is 0 Å². The average Bonchev–Trinajstić information content (AvgIpc) is 2.17. The fraction of sp³-hybridized carbons (Fsp3) is 0.273. The number of halogens is 1. The van der Waals surface area contributed by atoms with E-state index in [1.54, 1.807) is 19.9 Å². The molecule has 0 amide bonds. The monoisotopic (exact) mass is 260 g/mol. The number of thiol groups is 1. The molecule has 0 aliphatic heterocycles. The third-order valence-electron chi connectivity index (χ3n) is 2.00. The zero-order valence-corrected chi connectivity index (χ0v) is 10.6. The number of carbonyl (C=O) groups excluding carboxylic acids is 1. The molecule has 0 fully saturated rings. The molecular formula is C11H13ClO3S. The van der Waals surface area contributed by atoms with Crippen LogP contribution in [0.5, 0.6) is 0 Å². The molecule has 0 saturated heterocycles. The van der Waals surface area contributed by atoms with Crippen molar-refractivity contribution in [2.75, 3.05) is 0 Å². The Balaban J connectivity index is 0.000000289. The minimum absolute atomic E-state index is 0. The number of rotatable bonds is 1. The first-order valence-electron chi connectivity index (χ1n) is 4.54. The van der Waals surface area contributed by atoms with Crippen molar-refractivity contribution in [1.82, 2.24) is 0 Å². The van der Waals surface area contributed by atoms with E-state index in [-0.39, 0.29) is 24.1 Å². The van der Waals surface area contributed by atoms with Gasteiger partial charge in [0.1, 0.15) is 0 Å². The van der Waals surface area contributed by atoms with E-state index in [0.717, 1.165) is 16.0 Å². The van der Waals surface area contributed by atoms with Crippen LogP contribution in [0.2, 0.25) is 0 Å². The summed E-state index contributed by atoms with van der Waals surface area (Å²) < 4.78 is 0. The molecule has 3 rings (SSSR count). The molecule has 1 aromatic rings. The highest BCUT2D eigenvalue weighted by molar-refractivity contribution is 7.80. The summed E-state index contributed by atoms with van der Waals surface area (Å²) in [6, 6.07) is 5.48. The molecule has 0 atom stereocenters. The van der Waals surface area contributed by atoms with Gasteiger partial charge in [-0.05, 0) is 18.2 Å². The van der Waals surface area contributed by atoms with E-state index in [1.165, 1.54) is 0 Å². The van der Waals surface area contributed by atoms with E-state index in [0.29, 0.717) is 0 Å². The summed E-state index contributed by atoms with van der Waals surface area (Å²) in [4.78, 5) is 21.3. The third-order valence-corrected chi connectivity index (χ3v) is 2.39. The van der Waals surface area contributed by atoms with Crippen LogP contribution < -0.4 is 0 Å². The molecule has 1 N–H and O–H groups in total. The highest BCUT2D eigenvalue weighted by atomic mass is 35.5. The fourth-order valence-corrected chi connectivity index (χ4v) is 1.18. The smallest absolute Gasteiger partial charge is 0.305 e. The van der Waals surface area contributed by atoms with Gasteiger partial charge in [-0.3, -0.25) is 9.59 Å². The average molecular weight is 261 g/mol. The number of carbonyl (C=O) groups is 2. The molecule has 2 bridgehead atoms. The molecule has 5 heteroatoms. The predicted molar refractivity (Wildman–Crippen MR) is 66.8 cm³/mol. The molecular weight excluding hydrogens is 248 g/mol. The Kier molecular flexibility index (Phi) is 5.55. The molecule has 0 heterocycles. The Morgan fingerprint density at radius 1 is 1.38 bits per heavy atom. The molecule has 16 heavy (non-hydrogen) atoms. The van der Waals surface area contributed by atoms with Gasteiger partial charge in [0.15, 0.2) is 5.78 Å². The molecule has 1 aromatic carbocycles. The fourth-order valence-electron chi connectivity index (χ4n) is 0.937. The molecule has 88 valence electrons. The van der Waals surface area contributed by atoms with E-state index in [9.17, 15) is 9.59 Å². The normalized spacial score (nSPS) is 10.9. The van der Waals surface area contributed by atoms with Crippen molar-refractivity contribution in [1.29, 1.82) is 0 Å². The van der Waals surface area contributed by atoms with Gasteiger partial charge >= 0.3 is 5.97 Å². The number of benzene rings is 1. The van der Waals surface area contributed by atoms with Gasteiger partial charge in [0.25, 0.3) is 0 Å². The Morgan fingerprint density at radius 2 is 1.88 bits per heavy atom. The summed E-state index contributed by atoms with van der Waals surface area (Å²) in [5.74, 6) is -0.831. The molecule has 0 radical (unpaired) electrons. The van der Waals surface area contributed by atoms with Crippen molar-refractivity contribution in [3.63, 3.8) is 0 Å². The van der Waals surface area contributed by atoms with E-state index in [4.69, 9.17) is 5.11 Å². The van der Waals surface area contributed by atoms with E-state index >= 15 is 0 Å². The number of aliphatic carboxylic acids is 1. The van der Waals surface area contributed by atoms with Crippen LogP contribution in [0.4, 0.5) is 0 Å². The van der Waals surface area contributed by atoms with Crippen molar-refractivity contribution in [2.45, 2.75) is 18.7 Å². The highest BCUT2D eigenvalue weighted by Gasteiger charge is 2.21. The lowest BCUT2D eigenvalue weighted by atomic mass is 9.92. The molecule has 3 nitrogen and oxygen atoms in total. The minimum atomic E-state index is -0.741. The summed E-state index contributed by atoms with van der Waals surface area (Å²) in [5, 5.41) is 7.99. The maximum Gasteiger partial charge on any atom is 0.305 e. The number of hydrogen-bond acceptors (Lipinski definition) is 3. The van der Waals surface area contributed by atoms with Crippen molar-refractivity contribution >= 4 is 36.8 Å². The number of fused-ring (bicyclic) bond motifs is 2. The second-order valence-corrected chi connectivity index (χ2v) is 4.04. The van der Waals surface area contributed by atoms with Gasteiger partial charge in [-0.1, -0.05) is 13.8 Å². The summed E-state index contributed by atoms with van der Waals surface area (Å²) in [6.45, 7) is 3.28. The lowest BCUT2D eigenvalue weighted by Crippen LogP contribution is -2.12. The summed E-state index contributed by atoms with van der Waals surface area (Å²) in [7, 11) is 0. The molecule has 2 aliphatic carbocycles. The van der Waals surface area contributed by atoms with E-state index in [2.05, 4.69) is 12.6 Å². The van der Waals surface area contributed by atoms with Crippen molar-refractivity contribution in [3.05, 3.63) is 29.3 Å². The van der Waals surface area contributed by atoms with E-state index < -0.39 is 5.97 Å².